The third kappa shape index (κ3) is 12.1. The molecule has 50 heavy (non-hydrogen) atoms. The maximum atomic E-state index is 11.5. The van der Waals surface area contributed by atoms with Crippen LogP contribution >= 0.6 is 34.8 Å². The molecule has 4 heterocycles. The molecule has 0 radical (unpaired) electrons. The Morgan fingerprint density at radius 1 is 0.880 bits per heavy atom. The van der Waals surface area contributed by atoms with Gasteiger partial charge in [-0.05, 0) is 62.8 Å². The largest absolute Gasteiger partial charge is 0.477 e. The molecule has 1 N–H and O–H groups in total. The fourth-order valence-corrected chi connectivity index (χ4v) is 4.98. The van der Waals surface area contributed by atoms with Crippen molar-refractivity contribution in [1.29, 1.82) is 0 Å². The minimum absolute atomic E-state index is 0. The zero-order valence-corrected chi connectivity index (χ0v) is 29.9. The summed E-state index contributed by atoms with van der Waals surface area (Å²) in [6.07, 6.45) is 10.9. The second kappa shape index (κ2) is 20.0. The molecule has 0 aromatic carbocycles. The predicted molar refractivity (Wildman–Crippen MR) is 191 cm³/mol. The topological polar surface area (TPSA) is 143 Å². The summed E-state index contributed by atoms with van der Waals surface area (Å²) >= 11 is 17.1. The summed E-state index contributed by atoms with van der Waals surface area (Å²) in [6, 6.07) is 9.79. The number of hydrogen-bond donors (Lipinski definition) is 1. The van der Waals surface area contributed by atoms with Crippen LogP contribution in [-0.4, -0.2) is 76.5 Å². The molecule has 0 atom stereocenters. The van der Waals surface area contributed by atoms with Gasteiger partial charge in [0.05, 0.1) is 53.3 Å². The van der Waals surface area contributed by atoms with Crippen LogP contribution in [0.1, 0.15) is 81.9 Å². The first kappa shape index (κ1) is 40.5. The highest BCUT2D eigenvalue weighted by molar-refractivity contribution is 6.34. The van der Waals surface area contributed by atoms with Crippen LogP contribution in [0, 0.1) is 10.8 Å². The molecular formula is C34H44Cl3FN6O6. The van der Waals surface area contributed by atoms with E-state index < -0.39 is 19.1 Å². The maximum absolute atomic E-state index is 11.5. The SMILES string of the molecule is C.CCC1(COc2ccn(-c3ccc(C(=O)OC)c(Cl)n3)n2)CC1.CCC1(COc2ccn[nH]2)CC1.COC(=O)c1ccc(Cl)nc1Cl.[2H]CF. The molecule has 2 aliphatic rings. The van der Waals surface area contributed by atoms with Gasteiger partial charge in [-0.2, -0.15) is 5.10 Å². The van der Waals surface area contributed by atoms with E-state index in [2.05, 4.69) is 48.6 Å². The van der Waals surface area contributed by atoms with Crippen molar-refractivity contribution in [1.82, 2.24) is 29.9 Å². The van der Waals surface area contributed by atoms with E-state index in [4.69, 9.17) is 45.6 Å². The number of pyridine rings is 2. The third-order valence-electron chi connectivity index (χ3n) is 8.21. The lowest BCUT2D eigenvalue weighted by Gasteiger charge is -2.11. The van der Waals surface area contributed by atoms with Crippen molar-refractivity contribution >= 4 is 46.7 Å². The van der Waals surface area contributed by atoms with Crippen molar-refractivity contribution in [2.45, 2.75) is 59.8 Å². The molecule has 6 rings (SSSR count). The van der Waals surface area contributed by atoms with Gasteiger partial charge in [-0.15, -0.1) is 5.10 Å². The molecule has 0 spiro atoms. The van der Waals surface area contributed by atoms with E-state index in [0.717, 1.165) is 18.9 Å². The number of rotatable bonds is 11. The normalized spacial score (nSPS) is 14.3. The number of alkyl halides is 1. The van der Waals surface area contributed by atoms with E-state index in [1.165, 1.54) is 58.5 Å². The lowest BCUT2D eigenvalue weighted by molar-refractivity contribution is 0.0591. The van der Waals surface area contributed by atoms with Gasteiger partial charge in [0.1, 0.15) is 15.5 Å². The highest BCUT2D eigenvalue weighted by Crippen LogP contribution is 2.49. The number of nitrogens with one attached hydrogen (secondary N) is 1. The Morgan fingerprint density at radius 3 is 1.88 bits per heavy atom. The zero-order chi connectivity index (χ0) is 36.7. The van der Waals surface area contributed by atoms with Crippen molar-refractivity contribution in [3.63, 3.8) is 0 Å². The number of aromatic amines is 1. The summed E-state index contributed by atoms with van der Waals surface area (Å²) in [4.78, 5) is 30.3. The molecule has 274 valence electrons. The molecule has 0 amide bonds. The molecule has 16 heteroatoms. The van der Waals surface area contributed by atoms with Crippen LogP contribution in [0.5, 0.6) is 11.8 Å². The second-order valence-corrected chi connectivity index (χ2v) is 12.4. The molecule has 4 aromatic heterocycles. The smallest absolute Gasteiger partial charge is 0.341 e. The quantitative estimate of drug-likeness (QED) is 0.117. The number of hydrogen-bond acceptors (Lipinski definition) is 10. The first-order valence-corrected chi connectivity index (χ1v) is 16.4. The summed E-state index contributed by atoms with van der Waals surface area (Å²) in [6.45, 7) is 5.94. The third-order valence-corrected chi connectivity index (χ3v) is 8.99. The Morgan fingerprint density at radius 2 is 1.42 bits per heavy atom. The number of methoxy groups -OCH3 is 2. The van der Waals surface area contributed by atoms with Crippen LogP contribution in [0.15, 0.2) is 48.8 Å². The Balaban J connectivity index is 0.000000273. The van der Waals surface area contributed by atoms with E-state index in [-0.39, 0.29) is 34.0 Å². The van der Waals surface area contributed by atoms with E-state index in [9.17, 15) is 14.0 Å². The number of esters is 2. The number of carbonyl (C=O) groups excluding carboxylic acids is 2. The van der Waals surface area contributed by atoms with Crippen molar-refractivity contribution in [2.75, 3.05) is 34.6 Å². The molecule has 0 aliphatic heterocycles. The lowest BCUT2D eigenvalue weighted by Crippen LogP contribution is -2.12. The summed E-state index contributed by atoms with van der Waals surface area (Å²) in [5.41, 5.74) is 1.27. The first-order valence-electron chi connectivity index (χ1n) is 16.0. The Kier molecular flexibility index (Phi) is 16.2. The summed E-state index contributed by atoms with van der Waals surface area (Å²) < 4.78 is 37.5. The Labute approximate surface area is 308 Å². The minimum Gasteiger partial charge on any atom is -0.477 e. The van der Waals surface area contributed by atoms with E-state index in [1.54, 1.807) is 35.3 Å². The standard InChI is InChI=1S/C16H18ClN3O3.C9H14N2O.C7H5Cl2NO2.CH3F.CH4/c1-3-16(7-8-16)10-23-13-6-9-20(19-13)12-5-4-11(14(17)18-12)15(21)22-2;1-2-9(4-5-9)7-12-8-3-6-10-11-8;1-12-7(11)4-2-3-5(8)10-6(4)9;1-2;/h4-6,9H,3,7-8,10H2,1-2H3;3,6H,2,4-5,7H2,1H3,(H,10,11);2-3H,1H3;1H3;1H4/i;;;1D;. The maximum Gasteiger partial charge on any atom is 0.341 e. The average molecular weight is 759 g/mol. The fourth-order valence-electron chi connectivity index (χ4n) is 4.34. The van der Waals surface area contributed by atoms with Crippen molar-refractivity contribution in [3.05, 3.63) is 75.4 Å². The zero-order valence-electron chi connectivity index (χ0n) is 28.7. The van der Waals surface area contributed by atoms with Crippen molar-refractivity contribution < 1.29 is 34.3 Å². The van der Waals surface area contributed by atoms with Gasteiger partial charge in [0.15, 0.2) is 5.82 Å². The summed E-state index contributed by atoms with van der Waals surface area (Å²) in [5.74, 6) is 0.806. The monoisotopic (exact) mass is 757 g/mol. The molecule has 12 nitrogen and oxygen atoms in total. The van der Waals surface area contributed by atoms with Crippen LogP contribution in [0.2, 0.25) is 15.5 Å². The molecule has 2 saturated carbocycles. The number of H-pyrrole nitrogens is 1. The fraction of sp³-hybridized carbons (Fsp3) is 0.471. The summed E-state index contributed by atoms with van der Waals surface area (Å²) in [5, 5.41) is 11.3. The molecule has 2 fully saturated rings. The van der Waals surface area contributed by atoms with Gasteiger partial charge >= 0.3 is 11.9 Å². The second-order valence-electron chi connectivity index (χ2n) is 11.3. The Bertz CT molecular complexity index is 1670. The minimum atomic E-state index is -1.00. The number of halogens is 4. The van der Waals surface area contributed by atoms with Gasteiger partial charge in [0.25, 0.3) is 0 Å². The van der Waals surface area contributed by atoms with E-state index >= 15 is 0 Å². The lowest BCUT2D eigenvalue weighted by atomic mass is 10.1. The number of ether oxygens (including phenoxy) is 4. The van der Waals surface area contributed by atoms with Crippen LogP contribution < -0.4 is 9.47 Å². The molecule has 4 aromatic rings. The summed E-state index contributed by atoms with van der Waals surface area (Å²) in [7, 11) is 1.57. The van der Waals surface area contributed by atoms with Crippen molar-refractivity contribution in [2.24, 2.45) is 10.8 Å². The number of carbonyl (C=O) groups is 2. The van der Waals surface area contributed by atoms with Gasteiger partial charge in [-0.25, -0.2) is 29.3 Å². The van der Waals surface area contributed by atoms with Crippen LogP contribution in [-0.2, 0) is 9.47 Å². The number of aromatic nitrogens is 6. The average Bonchev–Trinajstić information content (AvgIpc) is 3.96. The molecule has 0 unspecified atom stereocenters. The molecular weight excluding hydrogens is 714 g/mol. The highest BCUT2D eigenvalue weighted by atomic mass is 35.5. The van der Waals surface area contributed by atoms with Crippen LogP contribution in [0.4, 0.5) is 4.39 Å². The number of nitrogens with zero attached hydrogens (tertiary/aromatic N) is 5. The highest BCUT2D eigenvalue weighted by Gasteiger charge is 2.42. The first-order chi connectivity index (χ1) is 24.0. The van der Waals surface area contributed by atoms with Gasteiger partial charge in [-0.3, -0.25) is 4.39 Å². The Hall–Kier alpha value is -3.94. The molecule has 2 aliphatic carbocycles. The van der Waals surface area contributed by atoms with Gasteiger partial charge < -0.3 is 18.9 Å². The predicted octanol–water partition coefficient (Wildman–Crippen LogP) is 8.65. The molecule has 0 bridgehead atoms. The van der Waals surface area contributed by atoms with Crippen LogP contribution in [0.25, 0.3) is 5.82 Å². The van der Waals surface area contributed by atoms with Gasteiger partial charge in [0.2, 0.25) is 11.8 Å². The van der Waals surface area contributed by atoms with Gasteiger partial charge in [0, 0.05) is 29.2 Å². The van der Waals surface area contributed by atoms with E-state index in [1.807, 2.05) is 6.07 Å². The van der Waals surface area contributed by atoms with Crippen molar-refractivity contribution in [3.8, 4) is 17.6 Å². The van der Waals surface area contributed by atoms with E-state index in [0.29, 0.717) is 29.1 Å². The van der Waals surface area contributed by atoms with Crippen LogP contribution in [0.3, 0.4) is 0 Å². The van der Waals surface area contributed by atoms with Gasteiger partial charge in [-0.1, -0.05) is 56.1 Å². The molecule has 0 saturated heterocycles.